The minimum atomic E-state index is -0.566. The molecule has 0 radical (unpaired) electrons. The van der Waals surface area contributed by atoms with Crippen LogP contribution in [0, 0.1) is 11.8 Å². The smallest absolute Gasteiger partial charge is 0.338 e. The molecule has 7 nitrogen and oxygen atoms in total. The third kappa shape index (κ3) is 4.30. The highest BCUT2D eigenvalue weighted by atomic mass is 16.5. The quantitative estimate of drug-likeness (QED) is 0.628. The Balaban J connectivity index is 1.59. The summed E-state index contributed by atoms with van der Waals surface area (Å²) in [5.74, 6) is 4.86. The highest BCUT2D eigenvalue weighted by Gasteiger charge is 2.20. The van der Waals surface area contributed by atoms with Crippen LogP contribution in [0.2, 0.25) is 0 Å². The molecule has 1 aliphatic rings. The maximum atomic E-state index is 12.3. The summed E-state index contributed by atoms with van der Waals surface area (Å²) in [5, 5.41) is 5.42. The fourth-order valence-corrected chi connectivity index (χ4v) is 2.78. The van der Waals surface area contributed by atoms with Gasteiger partial charge in [-0.3, -0.25) is 9.69 Å². The van der Waals surface area contributed by atoms with E-state index in [1.54, 1.807) is 23.1 Å². The molecule has 142 valence electrons. The summed E-state index contributed by atoms with van der Waals surface area (Å²) in [5.41, 5.74) is 2.03. The molecule has 0 aliphatic carbocycles. The maximum Gasteiger partial charge on any atom is 0.338 e. The van der Waals surface area contributed by atoms with E-state index in [1.165, 1.54) is 13.2 Å². The number of urea groups is 1. The Morgan fingerprint density at radius 2 is 1.86 bits per heavy atom. The van der Waals surface area contributed by atoms with Gasteiger partial charge >= 0.3 is 12.0 Å². The van der Waals surface area contributed by atoms with Gasteiger partial charge in [-0.05, 0) is 36.4 Å². The minimum Gasteiger partial charge on any atom is -0.465 e. The molecule has 2 aromatic rings. The molecule has 0 bridgehead atoms. The predicted octanol–water partition coefficient (Wildman–Crippen LogP) is 1.78. The molecule has 1 heterocycles. The predicted molar refractivity (Wildman–Crippen MR) is 104 cm³/mol. The molecule has 2 aromatic carbocycles. The van der Waals surface area contributed by atoms with Crippen LogP contribution >= 0.6 is 0 Å². The van der Waals surface area contributed by atoms with E-state index in [0.717, 1.165) is 11.3 Å². The van der Waals surface area contributed by atoms with Crippen LogP contribution in [0.5, 0.6) is 0 Å². The van der Waals surface area contributed by atoms with Gasteiger partial charge in [-0.25, -0.2) is 9.59 Å². The van der Waals surface area contributed by atoms with E-state index in [1.807, 2.05) is 24.3 Å². The van der Waals surface area contributed by atoms with Crippen molar-refractivity contribution in [1.29, 1.82) is 0 Å². The zero-order chi connectivity index (χ0) is 19.9. The molecule has 1 aliphatic heterocycles. The van der Waals surface area contributed by atoms with Crippen molar-refractivity contribution in [3.8, 4) is 11.8 Å². The van der Waals surface area contributed by atoms with Crippen molar-refractivity contribution in [3.05, 3.63) is 65.2 Å². The van der Waals surface area contributed by atoms with Crippen molar-refractivity contribution in [2.24, 2.45) is 0 Å². The summed E-state index contributed by atoms with van der Waals surface area (Å²) in [7, 11) is 1.27. The van der Waals surface area contributed by atoms with Gasteiger partial charge < -0.3 is 15.4 Å². The van der Waals surface area contributed by atoms with Crippen LogP contribution in [0.4, 0.5) is 10.5 Å². The number of methoxy groups -OCH3 is 1. The highest BCUT2D eigenvalue weighted by molar-refractivity contribution is 6.05. The summed E-state index contributed by atoms with van der Waals surface area (Å²) in [4.78, 5) is 37.3. The highest BCUT2D eigenvalue weighted by Crippen LogP contribution is 2.16. The van der Waals surface area contributed by atoms with Crippen LogP contribution in [0.3, 0.4) is 0 Å². The van der Waals surface area contributed by atoms with Crippen molar-refractivity contribution in [1.82, 2.24) is 10.6 Å². The largest absolute Gasteiger partial charge is 0.465 e. The summed E-state index contributed by atoms with van der Waals surface area (Å²) >= 11 is 0. The topological polar surface area (TPSA) is 87.7 Å². The molecule has 3 rings (SSSR count). The van der Waals surface area contributed by atoms with Gasteiger partial charge in [0.2, 0.25) is 0 Å². The van der Waals surface area contributed by atoms with E-state index < -0.39 is 11.9 Å². The van der Waals surface area contributed by atoms with Gasteiger partial charge in [-0.1, -0.05) is 24.0 Å². The summed E-state index contributed by atoms with van der Waals surface area (Å²) in [6.07, 6.45) is 0. The Bertz CT molecular complexity index is 958. The van der Waals surface area contributed by atoms with Gasteiger partial charge in [-0.15, -0.1) is 0 Å². The first-order chi connectivity index (χ1) is 13.6. The number of hydrogen-bond donors (Lipinski definition) is 2. The Morgan fingerprint density at radius 3 is 2.50 bits per heavy atom. The standard InChI is InChI=1S/C21H19N3O4/c1-28-20(26)18-7-3-2-6-17(18)19(25)22-12-4-5-15-8-10-16(11-9-15)24-14-13-23-21(24)27/h2-3,6-11H,12-14H2,1H3,(H,22,25)(H,23,27). The molecule has 2 N–H and O–H groups in total. The SMILES string of the molecule is COC(=O)c1ccccc1C(=O)NCC#Cc1ccc(N2CCNC2=O)cc1. The fraction of sp³-hybridized carbons (Fsp3) is 0.190. The number of nitrogens with zero attached hydrogens (tertiary/aromatic N) is 1. The van der Waals surface area contributed by atoms with E-state index >= 15 is 0 Å². The van der Waals surface area contributed by atoms with Crippen LogP contribution in [0.25, 0.3) is 0 Å². The number of esters is 1. The number of rotatable bonds is 4. The maximum absolute atomic E-state index is 12.3. The third-order valence-corrected chi connectivity index (χ3v) is 4.18. The summed E-state index contributed by atoms with van der Waals surface area (Å²) in [6.45, 7) is 1.41. The van der Waals surface area contributed by atoms with Gasteiger partial charge in [0.05, 0.1) is 24.8 Å². The molecule has 0 unspecified atom stereocenters. The lowest BCUT2D eigenvalue weighted by Crippen LogP contribution is -2.27. The fourth-order valence-electron chi connectivity index (χ4n) is 2.78. The van der Waals surface area contributed by atoms with Crippen LogP contribution in [0.1, 0.15) is 26.3 Å². The average Bonchev–Trinajstić information content (AvgIpc) is 3.16. The molecule has 7 heteroatoms. The molecule has 1 fully saturated rings. The molecule has 28 heavy (non-hydrogen) atoms. The average molecular weight is 377 g/mol. The number of nitrogens with one attached hydrogen (secondary N) is 2. The van der Waals surface area contributed by atoms with E-state index in [2.05, 4.69) is 27.2 Å². The summed E-state index contributed by atoms with van der Waals surface area (Å²) < 4.78 is 4.69. The van der Waals surface area contributed by atoms with Gasteiger partial charge in [0.15, 0.2) is 0 Å². The van der Waals surface area contributed by atoms with E-state index in [4.69, 9.17) is 0 Å². The van der Waals surface area contributed by atoms with Crippen LogP contribution in [-0.2, 0) is 4.74 Å². The molecule has 0 saturated carbocycles. The van der Waals surface area contributed by atoms with Crippen molar-refractivity contribution in [3.63, 3.8) is 0 Å². The van der Waals surface area contributed by atoms with Crippen molar-refractivity contribution >= 4 is 23.6 Å². The second-order valence-corrected chi connectivity index (χ2v) is 5.95. The van der Waals surface area contributed by atoms with Gasteiger partial charge in [0.1, 0.15) is 0 Å². The molecule has 0 spiro atoms. The normalized spacial score (nSPS) is 12.6. The van der Waals surface area contributed by atoms with Crippen molar-refractivity contribution in [2.45, 2.75) is 0 Å². The monoisotopic (exact) mass is 377 g/mol. The number of carbonyl (C=O) groups is 3. The Hall–Kier alpha value is -3.79. The first-order valence-corrected chi connectivity index (χ1v) is 8.70. The molecular formula is C21H19N3O4. The van der Waals surface area contributed by atoms with Crippen molar-refractivity contribution < 1.29 is 19.1 Å². The molecular weight excluding hydrogens is 358 g/mol. The van der Waals surface area contributed by atoms with Gasteiger partial charge in [0.25, 0.3) is 5.91 Å². The van der Waals surface area contributed by atoms with Crippen LogP contribution in [-0.4, -0.2) is 44.7 Å². The molecule has 3 amide bonds. The second kappa shape index (κ2) is 8.73. The number of anilines is 1. The van der Waals surface area contributed by atoms with E-state index in [-0.39, 0.29) is 23.7 Å². The Kier molecular flexibility index (Phi) is 5.92. The van der Waals surface area contributed by atoms with E-state index in [9.17, 15) is 14.4 Å². The Labute approximate surface area is 162 Å². The number of carbonyl (C=O) groups excluding carboxylic acids is 3. The molecule has 0 aromatic heterocycles. The molecule has 1 saturated heterocycles. The van der Waals surface area contributed by atoms with Gasteiger partial charge in [0, 0.05) is 24.3 Å². The lowest BCUT2D eigenvalue weighted by Gasteiger charge is -2.13. The Morgan fingerprint density at radius 1 is 1.14 bits per heavy atom. The zero-order valence-corrected chi connectivity index (χ0v) is 15.3. The lowest BCUT2D eigenvalue weighted by atomic mass is 10.1. The number of amides is 3. The second-order valence-electron chi connectivity index (χ2n) is 5.95. The molecule has 0 atom stereocenters. The number of ether oxygens (including phenoxy) is 1. The number of hydrogen-bond acceptors (Lipinski definition) is 4. The van der Waals surface area contributed by atoms with Gasteiger partial charge in [-0.2, -0.15) is 0 Å². The van der Waals surface area contributed by atoms with Crippen LogP contribution in [0.15, 0.2) is 48.5 Å². The lowest BCUT2D eigenvalue weighted by molar-refractivity contribution is 0.0596. The number of benzene rings is 2. The first-order valence-electron chi connectivity index (χ1n) is 8.70. The van der Waals surface area contributed by atoms with Crippen LogP contribution < -0.4 is 15.5 Å². The summed E-state index contributed by atoms with van der Waals surface area (Å²) in [6, 6.07) is 13.6. The zero-order valence-electron chi connectivity index (χ0n) is 15.3. The van der Waals surface area contributed by atoms with E-state index in [0.29, 0.717) is 13.1 Å². The van der Waals surface area contributed by atoms with Crippen molar-refractivity contribution in [2.75, 3.05) is 31.6 Å². The minimum absolute atomic E-state index is 0.103. The first kappa shape index (κ1) is 19.0. The third-order valence-electron chi connectivity index (χ3n) is 4.18.